The smallest absolute Gasteiger partial charge is 0.275 e. The number of sulfonamides is 1. The van der Waals surface area contributed by atoms with E-state index in [4.69, 9.17) is 9.15 Å². The van der Waals surface area contributed by atoms with E-state index in [-0.39, 0.29) is 5.09 Å². The number of rotatable bonds is 9. The Bertz CT molecular complexity index is 468. The third-order valence-electron chi connectivity index (χ3n) is 2.52. The van der Waals surface area contributed by atoms with Gasteiger partial charge in [0.2, 0.25) is 5.09 Å². The average Bonchev–Trinajstić information content (AvgIpc) is 2.82. The molecule has 7 heteroatoms. The second kappa shape index (κ2) is 7.64. The van der Waals surface area contributed by atoms with E-state index in [9.17, 15) is 8.42 Å². The van der Waals surface area contributed by atoms with Crippen molar-refractivity contribution in [1.82, 2.24) is 9.62 Å². The SMILES string of the molecule is CCOCCCNCc1ccc(S(=O)(=O)N(C)C)o1. The number of furan rings is 1. The van der Waals surface area contributed by atoms with Gasteiger partial charge in [0.1, 0.15) is 5.76 Å². The zero-order chi connectivity index (χ0) is 14.3. The summed E-state index contributed by atoms with van der Waals surface area (Å²) in [5, 5.41) is 3.15. The molecule has 0 saturated heterocycles. The van der Waals surface area contributed by atoms with Crippen LogP contribution in [-0.4, -0.2) is 46.6 Å². The lowest BCUT2D eigenvalue weighted by Gasteiger charge is -2.08. The van der Waals surface area contributed by atoms with Crippen LogP contribution in [0.3, 0.4) is 0 Å². The molecule has 110 valence electrons. The molecule has 0 spiro atoms. The number of hydrogen-bond donors (Lipinski definition) is 1. The van der Waals surface area contributed by atoms with Crippen molar-refractivity contribution in [3.05, 3.63) is 17.9 Å². The summed E-state index contributed by atoms with van der Waals surface area (Å²) in [5.41, 5.74) is 0. The summed E-state index contributed by atoms with van der Waals surface area (Å²) in [5.74, 6) is 0.608. The second-order valence-electron chi connectivity index (χ2n) is 4.24. The molecule has 1 rings (SSSR count). The number of ether oxygens (including phenoxy) is 1. The molecule has 0 fully saturated rings. The van der Waals surface area contributed by atoms with E-state index in [1.807, 2.05) is 6.92 Å². The highest BCUT2D eigenvalue weighted by Gasteiger charge is 2.21. The van der Waals surface area contributed by atoms with E-state index in [1.54, 1.807) is 6.07 Å². The fourth-order valence-electron chi connectivity index (χ4n) is 1.43. The predicted molar refractivity (Wildman–Crippen MR) is 72.4 cm³/mol. The highest BCUT2D eigenvalue weighted by atomic mass is 32.2. The molecule has 0 aliphatic rings. The van der Waals surface area contributed by atoms with Crippen LogP contribution < -0.4 is 5.32 Å². The molecule has 0 aliphatic heterocycles. The Balaban J connectivity index is 2.40. The van der Waals surface area contributed by atoms with Gasteiger partial charge in [-0.25, -0.2) is 12.7 Å². The molecule has 0 aliphatic carbocycles. The van der Waals surface area contributed by atoms with Crippen LogP contribution in [0, 0.1) is 0 Å². The summed E-state index contributed by atoms with van der Waals surface area (Å²) in [6, 6.07) is 3.15. The van der Waals surface area contributed by atoms with Crippen molar-refractivity contribution in [2.24, 2.45) is 0 Å². The van der Waals surface area contributed by atoms with E-state index in [1.165, 1.54) is 20.2 Å². The monoisotopic (exact) mass is 290 g/mol. The van der Waals surface area contributed by atoms with Gasteiger partial charge in [-0.1, -0.05) is 0 Å². The highest BCUT2D eigenvalue weighted by molar-refractivity contribution is 7.88. The molecular weight excluding hydrogens is 268 g/mol. The summed E-state index contributed by atoms with van der Waals surface area (Å²) in [6.07, 6.45) is 0.914. The van der Waals surface area contributed by atoms with E-state index >= 15 is 0 Å². The quantitative estimate of drug-likeness (QED) is 0.688. The number of nitrogens with one attached hydrogen (secondary N) is 1. The van der Waals surface area contributed by atoms with E-state index in [0.717, 1.165) is 30.5 Å². The molecule has 0 unspecified atom stereocenters. The summed E-state index contributed by atoms with van der Waals surface area (Å²) in [6.45, 7) is 4.72. The fourth-order valence-corrected chi connectivity index (χ4v) is 2.24. The summed E-state index contributed by atoms with van der Waals surface area (Å²) in [7, 11) is -0.528. The van der Waals surface area contributed by atoms with Gasteiger partial charge >= 0.3 is 0 Å². The molecule has 19 heavy (non-hydrogen) atoms. The van der Waals surface area contributed by atoms with Crippen molar-refractivity contribution in [2.75, 3.05) is 33.9 Å². The van der Waals surface area contributed by atoms with Crippen LogP contribution in [0.5, 0.6) is 0 Å². The van der Waals surface area contributed by atoms with E-state index in [0.29, 0.717) is 12.3 Å². The average molecular weight is 290 g/mol. The molecule has 0 amide bonds. The molecule has 0 bridgehead atoms. The molecule has 1 N–H and O–H groups in total. The van der Waals surface area contributed by atoms with Gasteiger partial charge in [0, 0.05) is 27.3 Å². The Morgan fingerprint density at radius 3 is 2.74 bits per heavy atom. The van der Waals surface area contributed by atoms with Gasteiger partial charge in [0.25, 0.3) is 10.0 Å². The topological polar surface area (TPSA) is 71.8 Å². The first-order chi connectivity index (χ1) is 8.98. The highest BCUT2D eigenvalue weighted by Crippen LogP contribution is 2.16. The van der Waals surface area contributed by atoms with Crippen LogP contribution in [0.1, 0.15) is 19.1 Å². The molecular formula is C12H22N2O4S. The molecule has 1 aromatic rings. The molecule has 0 atom stereocenters. The summed E-state index contributed by atoms with van der Waals surface area (Å²) in [4.78, 5) is 0. The lowest BCUT2D eigenvalue weighted by Crippen LogP contribution is -2.21. The van der Waals surface area contributed by atoms with Gasteiger partial charge in [0.05, 0.1) is 6.54 Å². The van der Waals surface area contributed by atoms with Gasteiger partial charge in [-0.15, -0.1) is 0 Å². The first-order valence-corrected chi connectivity index (χ1v) is 7.72. The Morgan fingerprint density at radius 2 is 2.11 bits per heavy atom. The molecule has 6 nitrogen and oxygen atoms in total. The minimum atomic E-state index is -3.48. The molecule has 0 saturated carbocycles. The lowest BCUT2D eigenvalue weighted by molar-refractivity contribution is 0.144. The van der Waals surface area contributed by atoms with Gasteiger partial charge in [0.15, 0.2) is 0 Å². The molecule has 0 radical (unpaired) electrons. The van der Waals surface area contributed by atoms with Gasteiger partial charge in [-0.05, 0) is 32.0 Å². The van der Waals surface area contributed by atoms with Crippen LogP contribution in [0.15, 0.2) is 21.6 Å². The van der Waals surface area contributed by atoms with E-state index < -0.39 is 10.0 Å². The predicted octanol–water partition coefficient (Wildman–Crippen LogP) is 1.05. The Morgan fingerprint density at radius 1 is 1.37 bits per heavy atom. The zero-order valence-electron chi connectivity index (χ0n) is 11.7. The second-order valence-corrected chi connectivity index (χ2v) is 6.32. The van der Waals surface area contributed by atoms with Crippen LogP contribution in [0.4, 0.5) is 0 Å². The Labute approximate surface area is 114 Å². The van der Waals surface area contributed by atoms with Crippen molar-refractivity contribution < 1.29 is 17.6 Å². The van der Waals surface area contributed by atoms with Gasteiger partial charge < -0.3 is 14.5 Å². The normalized spacial score (nSPS) is 12.2. The summed E-state index contributed by atoms with van der Waals surface area (Å²) < 4.78 is 35.2. The standard InChI is InChI=1S/C12H22N2O4S/c1-4-17-9-5-8-13-10-11-6-7-12(18-11)19(15,16)14(2)3/h6-7,13H,4-5,8-10H2,1-3H3. The number of hydrogen-bond acceptors (Lipinski definition) is 5. The third-order valence-corrected chi connectivity index (χ3v) is 4.21. The fraction of sp³-hybridized carbons (Fsp3) is 0.667. The zero-order valence-corrected chi connectivity index (χ0v) is 12.5. The minimum absolute atomic E-state index is 0.0244. The Hall–Kier alpha value is -0.890. The largest absolute Gasteiger partial charge is 0.447 e. The van der Waals surface area contributed by atoms with Crippen molar-refractivity contribution in [3.8, 4) is 0 Å². The summed E-state index contributed by atoms with van der Waals surface area (Å²) >= 11 is 0. The van der Waals surface area contributed by atoms with Crippen molar-refractivity contribution in [2.45, 2.75) is 25.0 Å². The van der Waals surface area contributed by atoms with Crippen LogP contribution in [0.25, 0.3) is 0 Å². The van der Waals surface area contributed by atoms with Crippen LogP contribution >= 0.6 is 0 Å². The first kappa shape index (κ1) is 16.2. The maximum atomic E-state index is 11.8. The number of nitrogens with zero attached hydrogens (tertiary/aromatic N) is 1. The van der Waals surface area contributed by atoms with E-state index in [2.05, 4.69) is 5.32 Å². The third kappa shape index (κ3) is 4.94. The molecule has 1 aromatic heterocycles. The van der Waals surface area contributed by atoms with Gasteiger partial charge in [-0.2, -0.15) is 0 Å². The molecule has 1 heterocycles. The minimum Gasteiger partial charge on any atom is -0.447 e. The van der Waals surface area contributed by atoms with Crippen LogP contribution in [-0.2, 0) is 21.3 Å². The van der Waals surface area contributed by atoms with Crippen LogP contribution in [0.2, 0.25) is 0 Å². The maximum absolute atomic E-state index is 11.8. The van der Waals surface area contributed by atoms with Gasteiger partial charge in [-0.3, -0.25) is 0 Å². The maximum Gasteiger partial charge on any atom is 0.275 e. The lowest BCUT2D eigenvalue weighted by atomic mass is 10.4. The van der Waals surface area contributed by atoms with Crippen molar-refractivity contribution in [3.63, 3.8) is 0 Å². The van der Waals surface area contributed by atoms with Crippen molar-refractivity contribution >= 4 is 10.0 Å². The van der Waals surface area contributed by atoms with Crippen molar-refractivity contribution in [1.29, 1.82) is 0 Å². The Kier molecular flexibility index (Phi) is 6.50. The first-order valence-electron chi connectivity index (χ1n) is 6.28. The molecule has 0 aromatic carbocycles.